The minimum absolute atomic E-state index is 0.0897. The molecule has 1 aliphatic heterocycles. The Balaban J connectivity index is 1.74. The van der Waals surface area contributed by atoms with Crippen molar-refractivity contribution in [2.24, 2.45) is 0 Å². The normalized spacial score (nSPS) is 20.6. The van der Waals surface area contributed by atoms with E-state index in [1.54, 1.807) is 0 Å². The summed E-state index contributed by atoms with van der Waals surface area (Å²) in [6.45, 7) is 4.57. The van der Waals surface area contributed by atoms with Crippen molar-refractivity contribution in [3.63, 3.8) is 0 Å². The third kappa shape index (κ3) is 2.45. The van der Waals surface area contributed by atoms with E-state index in [4.69, 9.17) is 5.10 Å². The zero-order chi connectivity index (χ0) is 15.8. The highest BCUT2D eigenvalue weighted by Crippen LogP contribution is 2.29. The van der Waals surface area contributed by atoms with Crippen molar-refractivity contribution in [3.8, 4) is 5.69 Å². The van der Waals surface area contributed by atoms with Crippen molar-refractivity contribution in [2.75, 3.05) is 19.6 Å². The lowest BCUT2D eigenvalue weighted by molar-refractivity contribution is 0.0648. The van der Waals surface area contributed by atoms with Crippen LogP contribution in [0.15, 0.2) is 30.3 Å². The van der Waals surface area contributed by atoms with E-state index in [1.165, 1.54) is 5.69 Å². The van der Waals surface area contributed by atoms with Gasteiger partial charge in [0.05, 0.1) is 5.69 Å². The molecule has 0 saturated carbocycles. The predicted molar refractivity (Wildman–Crippen MR) is 89.0 cm³/mol. The van der Waals surface area contributed by atoms with Crippen molar-refractivity contribution < 1.29 is 4.79 Å². The first-order valence-electron chi connectivity index (χ1n) is 8.43. The fourth-order valence-corrected chi connectivity index (χ4v) is 3.67. The van der Waals surface area contributed by atoms with Crippen molar-refractivity contribution in [1.82, 2.24) is 20.0 Å². The number of para-hydroxylation sites is 1. The zero-order valence-corrected chi connectivity index (χ0v) is 13.5. The number of nitrogens with zero attached hydrogens (tertiary/aromatic N) is 3. The van der Waals surface area contributed by atoms with Gasteiger partial charge in [-0.1, -0.05) is 18.2 Å². The molecule has 2 heterocycles. The molecule has 4 rings (SSSR count). The van der Waals surface area contributed by atoms with Crippen LogP contribution in [-0.2, 0) is 12.8 Å². The van der Waals surface area contributed by atoms with E-state index >= 15 is 0 Å². The van der Waals surface area contributed by atoms with E-state index in [2.05, 4.69) is 12.2 Å². The molecule has 1 atom stereocenters. The first-order valence-corrected chi connectivity index (χ1v) is 8.43. The second-order valence-electron chi connectivity index (χ2n) is 6.43. The molecule has 1 fully saturated rings. The molecule has 23 heavy (non-hydrogen) atoms. The maximum Gasteiger partial charge on any atom is 0.274 e. The molecule has 2 aliphatic rings. The molecule has 1 amide bonds. The van der Waals surface area contributed by atoms with Gasteiger partial charge >= 0.3 is 0 Å². The van der Waals surface area contributed by atoms with Crippen LogP contribution < -0.4 is 5.32 Å². The maximum absolute atomic E-state index is 13.0. The third-order valence-electron chi connectivity index (χ3n) is 4.90. The second kappa shape index (κ2) is 5.81. The SMILES string of the molecule is C[C@H]1CNCCN1C(=O)c1nn(-c2ccccc2)c2c1CCC2. The average Bonchev–Trinajstić information content (AvgIpc) is 3.18. The number of fused-ring (bicyclic) bond motifs is 1. The van der Waals surface area contributed by atoms with E-state index < -0.39 is 0 Å². The Labute approximate surface area is 136 Å². The smallest absolute Gasteiger partial charge is 0.274 e. The van der Waals surface area contributed by atoms with Crippen molar-refractivity contribution in [1.29, 1.82) is 0 Å². The van der Waals surface area contributed by atoms with Crippen LogP contribution in [0.1, 0.15) is 35.1 Å². The third-order valence-corrected chi connectivity index (χ3v) is 4.90. The van der Waals surface area contributed by atoms with Crippen LogP contribution in [0.5, 0.6) is 0 Å². The molecule has 2 aromatic rings. The average molecular weight is 310 g/mol. The molecule has 0 spiro atoms. The summed E-state index contributed by atoms with van der Waals surface area (Å²) in [5.41, 5.74) is 4.07. The molecule has 1 N–H and O–H groups in total. The molecule has 1 aliphatic carbocycles. The van der Waals surface area contributed by atoms with Gasteiger partial charge in [0.15, 0.2) is 5.69 Å². The number of piperazine rings is 1. The number of carbonyl (C=O) groups excluding carboxylic acids is 1. The summed E-state index contributed by atoms with van der Waals surface area (Å²) in [5.74, 6) is 0.0897. The summed E-state index contributed by atoms with van der Waals surface area (Å²) in [5, 5.41) is 8.05. The van der Waals surface area contributed by atoms with Crippen LogP contribution in [0.2, 0.25) is 0 Å². The highest BCUT2D eigenvalue weighted by atomic mass is 16.2. The van der Waals surface area contributed by atoms with Crippen LogP contribution in [0, 0.1) is 0 Å². The summed E-state index contributed by atoms with van der Waals surface area (Å²) in [6.07, 6.45) is 3.07. The lowest BCUT2D eigenvalue weighted by Crippen LogP contribution is -2.52. The number of carbonyl (C=O) groups is 1. The monoisotopic (exact) mass is 310 g/mol. The van der Waals surface area contributed by atoms with Gasteiger partial charge in [0, 0.05) is 36.9 Å². The fraction of sp³-hybridized carbons (Fsp3) is 0.444. The minimum atomic E-state index is 0.0897. The summed E-state index contributed by atoms with van der Waals surface area (Å²) < 4.78 is 1.97. The first kappa shape index (κ1) is 14.5. The molecule has 5 heteroatoms. The molecule has 0 radical (unpaired) electrons. The number of nitrogens with one attached hydrogen (secondary N) is 1. The van der Waals surface area contributed by atoms with Gasteiger partial charge in [-0.3, -0.25) is 4.79 Å². The lowest BCUT2D eigenvalue weighted by Gasteiger charge is -2.33. The van der Waals surface area contributed by atoms with Crippen LogP contribution in [0.25, 0.3) is 5.69 Å². The molecule has 1 saturated heterocycles. The van der Waals surface area contributed by atoms with Gasteiger partial charge in [-0.25, -0.2) is 4.68 Å². The highest BCUT2D eigenvalue weighted by molar-refractivity contribution is 5.94. The second-order valence-corrected chi connectivity index (χ2v) is 6.43. The number of hydrogen-bond acceptors (Lipinski definition) is 3. The summed E-state index contributed by atoms with van der Waals surface area (Å²) in [7, 11) is 0. The Morgan fingerprint density at radius 3 is 2.87 bits per heavy atom. The Hall–Kier alpha value is -2.14. The first-order chi connectivity index (χ1) is 11.3. The molecular formula is C18H22N4O. The molecular weight excluding hydrogens is 288 g/mol. The van der Waals surface area contributed by atoms with Gasteiger partial charge in [0.25, 0.3) is 5.91 Å². The Bertz CT molecular complexity index is 722. The van der Waals surface area contributed by atoms with Gasteiger partial charge in [0.2, 0.25) is 0 Å². The number of hydrogen-bond donors (Lipinski definition) is 1. The lowest BCUT2D eigenvalue weighted by atomic mass is 10.1. The van der Waals surface area contributed by atoms with Crippen molar-refractivity contribution >= 4 is 5.91 Å². The van der Waals surface area contributed by atoms with E-state index in [0.29, 0.717) is 5.69 Å². The fourth-order valence-electron chi connectivity index (χ4n) is 3.67. The summed E-state index contributed by atoms with van der Waals surface area (Å²) in [6, 6.07) is 10.3. The minimum Gasteiger partial charge on any atom is -0.332 e. The topological polar surface area (TPSA) is 50.2 Å². The largest absolute Gasteiger partial charge is 0.332 e. The van der Waals surface area contributed by atoms with Crippen molar-refractivity contribution in [3.05, 3.63) is 47.3 Å². The van der Waals surface area contributed by atoms with Gasteiger partial charge in [-0.05, 0) is 38.3 Å². The standard InChI is InChI=1S/C18H22N4O/c1-13-12-19-10-11-21(13)18(23)17-15-8-5-9-16(15)22(20-17)14-6-3-2-4-7-14/h2-4,6-7,13,19H,5,8-12H2,1H3/t13-/m0/s1. The van der Waals surface area contributed by atoms with E-state index in [0.717, 1.165) is 50.1 Å². The molecule has 1 aromatic carbocycles. The predicted octanol–water partition coefficient (Wildman–Crippen LogP) is 1.79. The Morgan fingerprint density at radius 1 is 1.26 bits per heavy atom. The van der Waals surface area contributed by atoms with E-state index in [1.807, 2.05) is 39.9 Å². The van der Waals surface area contributed by atoms with Gasteiger partial charge in [-0.15, -0.1) is 0 Å². The number of amides is 1. The zero-order valence-electron chi connectivity index (χ0n) is 13.5. The molecule has 120 valence electrons. The van der Waals surface area contributed by atoms with Gasteiger partial charge in [-0.2, -0.15) is 5.10 Å². The van der Waals surface area contributed by atoms with E-state index in [9.17, 15) is 4.79 Å². The van der Waals surface area contributed by atoms with Crippen molar-refractivity contribution in [2.45, 2.75) is 32.2 Å². The number of benzene rings is 1. The number of rotatable bonds is 2. The quantitative estimate of drug-likeness (QED) is 0.920. The van der Waals surface area contributed by atoms with Crippen LogP contribution in [-0.4, -0.2) is 46.3 Å². The maximum atomic E-state index is 13.0. The Morgan fingerprint density at radius 2 is 2.09 bits per heavy atom. The molecule has 5 nitrogen and oxygen atoms in total. The molecule has 0 bridgehead atoms. The summed E-state index contributed by atoms with van der Waals surface area (Å²) >= 11 is 0. The van der Waals surface area contributed by atoms with Gasteiger partial charge < -0.3 is 10.2 Å². The number of aromatic nitrogens is 2. The van der Waals surface area contributed by atoms with Crippen LogP contribution in [0.3, 0.4) is 0 Å². The molecule has 1 aromatic heterocycles. The molecule has 0 unspecified atom stereocenters. The Kier molecular flexibility index (Phi) is 3.65. The highest BCUT2D eigenvalue weighted by Gasteiger charge is 2.32. The van der Waals surface area contributed by atoms with E-state index in [-0.39, 0.29) is 11.9 Å². The van der Waals surface area contributed by atoms with Gasteiger partial charge in [0.1, 0.15) is 0 Å². The van der Waals surface area contributed by atoms with Crippen LogP contribution >= 0.6 is 0 Å². The van der Waals surface area contributed by atoms with Crippen LogP contribution in [0.4, 0.5) is 0 Å². The summed E-state index contributed by atoms with van der Waals surface area (Å²) in [4.78, 5) is 15.0.